The van der Waals surface area contributed by atoms with Crippen LogP contribution in [0.1, 0.15) is 19.3 Å². The van der Waals surface area contributed by atoms with Gasteiger partial charge in [0.2, 0.25) is 0 Å². The first-order chi connectivity index (χ1) is 7.22. The largest absolute Gasteiger partial charge is 0.381 e. The lowest BCUT2D eigenvalue weighted by molar-refractivity contribution is 0.0333. The van der Waals surface area contributed by atoms with Crippen LogP contribution in [0.2, 0.25) is 0 Å². The van der Waals surface area contributed by atoms with Crippen LogP contribution >= 0.6 is 0 Å². The SMILES string of the molecule is COC1CCN(CC2(N)CCOC2)CC1. The molecule has 2 saturated heterocycles. The molecule has 0 bridgehead atoms. The lowest BCUT2D eigenvalue weighted by Gasteiger charge is -2.36. The maximum Gasteiger partial charge on any atom is 0.0659 e. The molecule has 2 N–H and O–H groups in total. The molecular formula is C11H22N2O2. The van der Waals surface area contributed by atoms with Gasteiger partial charge in [0, 0.05) is 33.4 Å². The number of likely N-dealkylation sites (tertiary alicyclic amines) is 1. The molecule has 0 aromatic carbocycles. The highest BCUT2D eigenvalue weighted by Gasteiger charge is 2.33. The van der Waals surface area contributed by atoms with Crippen LogP contribution in [0.5, 0.6) is 0 Å². The summed E-state index contributed by atoms with van der Waals surface area (Å²) in [4.78, 5) is 2.45. The highest BCUT2D eigenvalue weighted by molar-refractivity contribution is 4.92. The zero-order chi connectivity index (χ0) is 10.7. The Balaban J connectivity index is 1.76. The first-order valence-corrected chi connectivity index (χ1v) is 5.84. The van der Waals surface area contributed by atoms with Crippen molar-refractivity contribution in [2.75, 3.05) is 40.0 Å². The van der Waals surface area contributed by atoms with Crippen LogP contribution in [-0.2, 0) is 9.47 Å². The summed E-state index contributed by atoms with van der Waals surface area (Å²) in [5.41, 5.74) is 6.16. The third-order valence-corrected chi connectivity index (χ3v) is 3.54. The molecule has 2 rings (SSSR count). The first kappa shape index (κ1) is 11.3. The molecule has 0 radical (unpaired) electrons. The monoisotopic (exact) mass is 214 g/mol. The predicted molar refractivity (Wildman–Crippen MR) is 58.8 cm³/mol. The second kappa shape index (κ2) is 4.78. The van der Waals surface area contributed by atoms with Gasteiger partial charge in [-0.05, 0) is 19.3 Å². The number of rotatable bonds is 3. The Morgan fingerprint density at radius 1 is 1.47 bits per heavy atom. The van der Waals surface area contributed by atoms with Gasteiger partial charge in [0.15, 0.2) is 0 Å². The lowest BCUT2D eigenvalue weighted by Crippen LogP contribution is -2.52. The molecule has 1 unspecified atom stereocenters. The molecule has 4 heteroatoms. The van der Waals surface area contributed by atoms with Crippen LogP contribution < -0.4 is 5.73 Å². The Labute approximate surface area is 91.7 Å². The zero-order valence-corrected chi connectivity index (χ0v) is 9.58. The maximum atomic E-state index is 6.26. The Morgan fingerprint density at radius 2 is 2.20 bits per heavy atom. The molecule has 2 aliphatic rings. The molecule has 15 heavy (non-hydrogen) atoms. The van der Waals surface area contributed by atoms with Crippen LogP contribution in [0.4, 0.5) is 0 Å². The van der Waals surface area contributed by atoms with Gasteiger partial charge in [0.25, 0.3) is 0 Å². The standard InChI is InChI=1S/C11H22N2O2/c1-14-10-2-5-13(6-3-10)8-11(12)4-7-15-9-11/h10H,2-9,12H2,1H3. The van der Waals surface area contributed by atoms with E-state index in [1.807, 2.05) is 0 Å². The molecular weight excluding hydrogens is 192 g/mol. The number of nitrogens with zero attached hydrogens (tertiary/aromatic N) is 1. The molecule has 0 saturated carbocycles. The fourth-order valence-electron chi connectivity index (χ4n) is 2.50. The number of nitrogens with two attached hydrogens (primary N) is 1. The van der Waals surface area contributed by atoms with Crippen LogP contribution in [0.15, 0.2) is 0 Å². The van der Waals surface area contributed by atoms with Crippen LogP contribution in [0, 0.1) is 0 Å². The van der Waals surface area contributed by atoms with Gasteiger partial charge in [-0.15, -0.1) is 0 Å². The van der Waals surface area contributed by atoms with Crippen molar-refractivity contribution in [2.45, 2.75) is 30.9 Å². The van der Waals surface area contributed by atoms with E-state index < -0.39 is 0 Å². The fourth-order valence-corrected chi connectivity index (χ4v) is 2.50. The van der Waals surface area contributed by atoms with Crippen molar-refractivity contribution in [3.8, 4) is 0 Å². The summed E-state index contributed by atoms with van der Waals surface area (Å²) in [6.45, 7) is 4.74. The van der Waals surface area contributed by atoms with Gasteiger partial charge in [-0.3, -0.25) is 0 Å². The van der Waals surface area contributed by atoms with Crippen molar-refractivity contribution in [3.05, 3.63) is 0 Å². The second-order valence-corrected chi connectivity index (χ2v) is 4.88. The summed E-state index contributed by atoms with van der Waals surface area (Å²) in [6, 6.07) is 0. The second-order valence-electron chi connectivity index (χ2n) is 4.88. The Kier molecular flexibility index (Phi) is 3.61. The van der Waals surface area contributed by atoms with Crippen LogP contribution in [-0.4, -0.2) is 56.5 Å². The maximum absolute atomic E-state index is 6.26. The summed E-state index contributed by atoms with van der Waals surface area (Å²) < 4.78 is 10.7. The third-order valence-electron chi connectivity index (χ3n) is 3.54. The summed E-state index contributed by atoms with van der Waals surface area (Å²) in [6.07, 6.45) is 3.72. The minimum Gasteiger partial charge on any atom is -0.381 e. The highest BCUT2D eigenvalue weighted by Crippen LogP contribution is 2.20. The third kappa shape index (κ3) is 2.91. The van der Waals surface area contributed by atoms with E-state index in [1.165, 1.54) is 0 Å². The molecule has 2 aliphatic heterocycles. The minimum atomic E-state index is -0.0973. The van der Waals surface area contributed by atoms with Crippen molar-refractivity contribution in [2.24, 2.45) is 5.73 Å². The molecule has 0 spiro atoms. The fraction of sp³-hybridized carbons (Fsp3) is 1.00. The molecule has 88 valence electrons. The van der Waals surface area contributed by atoms with Gasteiger partial charge in [0.1, 0.15) is 0 Å². The van der Waals surface area contributed by atoms with Crippen molar-refractivity contribution in [1.29, 1.82) is 0 Å². The Bertz CT molecular complexity index is 197. The first-order valence-electron chi connectivity index (χ1n) is 5.84. The molecule has 2 heterocycles. The van der Waals surface area contributed by atoms with E-state index in [2.05, 4.69) is 4.90 Å². The molecule has 0 aliphatic carbocycles. The van der Waals surface area contributed by atoms with E-state index in [0.29, 0.717) is 6.10 Å². The van der Waals surface area contributed by atoms with E-state index in [9.17, 15) is 0 Å². The topological polar surface area (TPSA) is 47.7 Å². The minimum absolute atomic E-state index is 0.0973. The molecule has 4 nitrogen and oxygen atoms in total. The van der Waals surface area contributed by atoms with Gasteiger partial charge in [-0.2, -0.15) is 0 Å². The van der Waals surface area contributed by atoms with Crippen molar-refractivity contribution < 1.29 is 9.47 Å². The molecule has 2 fully saturated rings. The quantitative estimate of drug-likeness (QED) is 0.730. The summed E-state index contributed by atoms with van der Waals surface area (Å²) in [5.74, 6) is 0. The number of hydrogen-bond acceptors (Lipinski definition) is 4. The van der Waals surface area contributed by atoms with E-state index in [-0.39, 0.29) is 5.54 Å². The average Bonchev–Trinajstić information content (AvgIpc) is 2.66. The van der Waals surface area contributed by atoms with Gasteiger partial charge in [-0.25, -0.2) is 0 Å². The Morgan fingerprint density at radius 3 is 2.73 bits per heavy atom. The number of piperidine rings is 1. The van der Waals surface area contributed by atoms with E-state index in [1.54, 1.807) is 7.11 Å². The van der Waals surface area contributed by atoms with Crippen molar-refractivity contribution >= 4 is 0 Å². The van der Waals surface area contributed by atoms with Gasteiger partial charge in [0.05, 0.1) is 18.2 Å². The smallest absolute Gasteiger partial charge is 0.0659 e. The predicted octanol–water partition coefficient (Wildman–Crippen LogP) is 0.215. The average molecular weight is 214 g/mol. The van der Waals surface area contributed by atoms with Gasteiger partial charge >= 0.3 is 0 Å². The van der Waals surface area contributed by atoms with Gasteiger partial charge in [-0.1, -0.05) is 0 Å². The van der Waals surface area contributed by atoms with Crippen LogP contribution in [0.3, 0.4) is 0 Å². The molecule has 0 aromatic rings. The Hall–Kier alpha value is -0.160. The lowest BCUT2D eigenvalue weighted by atomic mass is 9.97. The highest BCUT2D eigenvalue weighted by atomic mass is 16.5. The molecule has 0 aromatic heterocycles. The van der Waals surface area contributed by atoms with E-state index in [0.717, 1.165) is 52.1 Å². The van der Waals surface area contributed by atoms with E-state index >= 15 is 0 Å². The van der Waals surface area contributed by atoms with Crippen molar-refractivity contribution in [3.63, 3.8) is 0 Å². The number of ether oxygens (including phenoxy) is 2. The summed E-state index contributed by atoms with van der Waals surface area (Å²) in [5, 5.41) is 0. The normalized spacial score (nSPS) is 34.8. The molecule has 0 amide bonds. The summed E-state index contributed by atoms with van der Waals surface area (Å²) >= 11 is 0. The van der Waals surface area contributed by atoms with E-state index in [4.69, 9.17) is 15.2 Å². The number of hydrogen-bond donors (Lipinski definition) is 1. The van der Waals surface area contributed by atoms with Crippen LogP contribution in [0.25, 0.3) is 0 Å². The van der Waals surface area contributed by atoms with Gasteiger partial charge < -0.3 is 20.1 Å². The zero-order valence-electron chi connectivity index (χ0n) is 9.58. The van der Waals surface area contributed by atoms with Crippen molar-refractivity contribution in [1.82, 2.24) is 4.90 Å². The molecule has 1 atom stereocenters. The summed E-state index contributed by atoms with van der Waals surface area (Å²) in [7, 11) is 1.80. The number of methoxy groups -OCH3 is 1.